The molecule has 25 heavy (non-hydrogen) atoms. The molecule has 0 fully saturated rings. The van der Waals surface area contributed by atoms with Gasteiger partial charge < -0.3 is 5.32 Å². The number of fused-ring (bicyclic) bond motifs is 1. The number of halogens is 1. The van der Waals surface area contributed by atoms with Gasteiger partial charge in [-0.25, -0.2) is 4.68 Å². The summed E-state index contributed by atoms with van der Waals surface area (Å²) in [6.07, 6.45) is 0. The minimum atomic E-state index is -0.404. The molecule has 0 spiro atoms. The number of aromatic amines is 1. The third-order valence-electron chi connectivity index (χ3n) is 3.93. The molecule has 2 N–H and O–H groups in total. The first-order chi connectivity index (χ1) is 12.0. The SMILES string of the molecule is CC(NC(=O)Cn1[nH]c(=O)c2ccccc2c1=O)c1ccccc1Br. The van der Waals surface area contributed by atoms with Crippen LogP contribution >= 0.6 is 15.9 Å². The van der Waals surface area contributed by atoms with Gasteiger partial charge in [0.15, 0.2) is 0 Å². The normalized spacial score (nSPS) is 12.1. The average Bonchev–Trinajstić information content (AvgIpc) is 2.59. The van der Waals surface area contributed by atoms with Gasteiger partial charge in [-0.3, -0.25) is 19.5 Å². The smallest absolute Gasteiger partial charge is 0.273 e. The molecule has 7 heteroatoms. The zero-order valence-corrected chi connectivity index (χ0v) is 15.0. The monoisotopic (exact) mass is 401 g/mol. The van der Waals surface area contributed by atoms with E-state index in [0.717, 1.165) is 14.7 Å². The third-order valence-corrected chi connectivity index (χ3v) is 4.66. The molecule has 0 aliphatic heterocycles. The maximum atomic E-state index is 12.4. The molecular weight excluding hydrogens is 386 g/mol. The maximum Gasteiger partial charge on any atom is 0.273 e. The van der Waals surface area contributed by atoms with Crippen LogP contribution in [0.3, 0.4) is 0 Å². The van der Waals surface area contributed by atoms with Crippen molar-refractivity contribution in [2.75, 3.05) is 0 Å². The second-order valence-corrected chi connectivity index (χ2v) is 6.54. The van der Waals surface area contributed by atoms with Crippen molar-refractivity contribution in [1.29, 1.82) is 0 Å². The Bertz CT molecular complexity index is 1060. The van der Waals surface area contributed by atoms with Crippen molar-refractivity contribution in [1.82, 2.24) is 15.1 Å². The molecule has 128 valence electrons. The van der Waals surface area contributed by atoms with Gasteiger partial charge in [0.1, 0.15) is 6.54 Å². The summed E-state index contributed by atoms with van der Waals surface area (Å²) in [5, 5.41) is 5.88. The number of nitrogens with zero attached hydrogens (tertiary/aromatic N) is 1. The summed E-state index contributed by atoms with van der Waals surface area (Å²) in [6.45, 7) is 1.59. The van der Waals surface area contributed by atoms with Crippen molar-refractivity contribution < 1.29 is 4.79 Å². The van der Waals surface area contributed by atoms with Crippen molar-refractivity contribution in [3.05, 3.63) is 79.3 Å². The molecule has 2 aromatic carbocycles. The van der Waals surface area contributed by atoms with E-state index >= 15 is 0 Å². The fraction of sp³-hybridized carbons (Fsp3) is 0.167. The number of rotatable bonds is 4. The summed E-state index contributed by atoms with van der Waals surface area (Å²) in [5.74, 6) is -0.365. The van der Waals surface area contributed by atoms with Gasteiger partial charge in [-0.15, -0.1) is 0 Å². The van der Waals surface area contributed by atoms with E-state index in [0.29, 0.717) is 5.39 Å². The van der Waals surface area contributed by atoms with Crippen LogP contribution in [0.15, 0.2) is 62.6 Å². The minimum Gasteiger partial charge on any atom is -0.348 e. The van der Waals surface area contributed by atoms with Crippen LogP contribution in [-0.2, 0) is 11.3 Å². The maximum absolute atomic E-state index is 12.4. The van der Waals surface area contributed by atoms with E-state index < -0.39 is 11.1 Å². The van der Waals surface area contributed by atoms with Crippen molar-refractivity contribution >= 4 is 32.6 Å². The van der Waals surface area contributed by atoms with Crippen LogP contribution in [0.5, 0.6) is 0 Å². The number of H-pyrrole nitrogens is 1. The highest BCUT2D eigenvalue weighted by molar-refractivity contribution is 9.10. The Morgan fingerprint density at radius 3 is 2.48 bits per heavy atom. The Hall–Kier alpha value is -2.67. The predicted molar refractivity (Wildman–Crippen MR) is 99.5 cm³/mol. The molecule has 3 aromatic rings. The molecule has 3 rings (SSSR count). The standard InChI is InChI=1S/C18H16BrN3O3/c1-11(12-6-4-5-9-15(12)19)20-16(23)10-22-18(25)14-8-3-2-7-13(14)17(24)21-22/h2-9,11H,10H2,1H3,(H,20,23)(H,21,24). The fourth-order valence-corrected chi connectivity index (χ4v) is 3.32. The highest BCUT2D eigenvalue weighted by Gasteiger charge is 2.14. The van der Waals surface area contributed by atoms with Gasteiger partial charge >= 0.3 is 0 Å². The average molecular weight is 402 g/mol. The first kappa shape index (κ1) is 17.2. The number of carbonyl (C=O) groups excluding carboxylic acids is 1. The molecule has 0 radical (unpaired) electrons. The van der Waals surface area contributed by atoms with Crippen molar-refractivity contribution in [2.45, 2.75) is 19.5 Å². The molecule has 0 aliphatic rings. The van der Waals surface area contributed by atoms with Crippen LogP contribution in [0.4, 0.5) is 0 Å². The van der Waals surface area contributed by atoms with Crippen LogP contribution in [0.1, 0.15) is 18.5 Å². The largest absolute Gasteiger partial charge is 0.348 e. The fourth-order valence-electron chi connectivity index (χ4n) is 2.69. The quantitative estimate of drug-likeness (QED) is 0.703. The summed E-state index contributed by atoms with van der Waals surface area (Å²) in [6, 6.07) is 13.8. The Kier molecular flexibility index (Phi) is 4.85. The van der Waals surface area contributed by atoms with Gasteiger partial charge in [0.2, 0.25) is 5.91 Å². The lowest BCUT2D eigenvalue weighted by Crippen LogP contribution is -2.37. The highest BCUT2D eigenvalue weighted by atomic mass is 79.9. The second-order valence-electron chi connectivity index (χ2n) is 5.69. The summed E-state index contributed by atoms with van der Waals surface area (Å²) in [5.41, 5.74) is 0.121. The first-order valence-corrected chi connectivity index (χ1v) is 8.52. The third kappa shape index (κ3) is 3.56. The van der Waals surface area contributed by atoms with E-state index in [9.17, 15) is 14.4 Å². The van der Waals surface area contributed by atoms with E-state index in [-0.39, 0.29) is 23.9 Å². The Morgan fingerprint density at radius 2 is 1.76 bits per heavy atom. The van der Waals surface area contributed by atoms with Crippen LogP contribution < -0.4 is 16.4 Å². The molecule has 0 saturated heterocycles. The van der Waals surface area contributed by atoms with Gasteiger partial charge in [-0.2, -0.15) is 0 Å². The lowest BCUT2D eigenvalue weighted by molar-refractivity contribution is -0.122. The van der Waals surface area contributed by atoms with Crippen LogP contribution in [0.25, 0.3) is 10.8 Å². The molecule has 0 bridgehead atoms. The van der Waals surface area contributed by atoms with E-state index in [4.69, 9.17) is 0 Å². The Labute approximate surface area is 151 Å². The molecule has 1 atom stereocenters. The molecule has 1 aromatic heterocycles. The van der Waals surface area contributed by atoms with Crippen LogP contribution in [0, 0.1) is 0 Å². The zero-order valence-electron chi connectivity index (χ0n) is 13.5. The second kappa shape index (κ2) is 7.06. The number of aromatic nitrogens is 2. The van der Waals surface area contributed by atoms with Crippen LogP contribution in [-0.4, -0.2) is 15.7 Å². The first-order valence-electron chi connectivity index (χ1n) is 7.73. The van der Waals surface area contributed by atoms with Gasteiger partial charge in [-0.05, 0) is 30.7 Å². The van der Waals surface area contributed by atoms with Crippen LogP contribution in [0.2, 0.25) is 0 Å². The van der Waals surface area contributed by atoms with Crippen molar-refractivity contribution in [3.63, 3.8) is 0 Å². The number of benzene rings is 2. The summed E-state index contributed by atoms with van der Waals surface area (Å²) >= 11 is 3.45. The lowest BCUT2D eigenvalue weighted by Gasteiger charge is -2.16. The van der Waals surface area contributed by atoms with Gasteiger partial charge in [0, 0.05) is 4.47 Å². The number of nitrogens with one attached hydrogen (secondary N) is 2. The minimum absolute atomic E-state index is 0.244. The number of hydrogen-bond acceptors (Lipinski definition) is 3. The zero-order chi connectivity index (χ0) is 18.0. The van der Waals surface area contributed by atoms with Gasteiger partial charge in [0.05, 0.1) is 16.8 Å². The molecular formula is C18H16BrN3O3. The van der Waals surface area contributed by atoms with Gasteiger partial charge in [0.25, 0.3) is 11.1 Å². The summed E-state index contributed by atoms with van der Waals surface area (Å²) in [7, 11) is 0. The summed E-state index contributed by atoms with van der Waals surface area (Å²) in [4.78, 5) is 36.8. The number of amides is 1. The van der Waals surface area contributed by atoms with E-state index in [1.54, 1.807) is 24.3 Å². The van der Waals surface area contributed by atoms with E-state index in [1.807, 2.05) is 31.2 Å². The molecule has 0 aliphatic carbocycles. The van der Waals surface area contributed by atoms with E-state index in [1.165, 1.54) is 0 Å². The highest BCUT2D eigenvalue weighted by Crippen LogP contribution is 2.22. The Morgan fingerprint density at radius 1 is 1.12 bits per heavy atom. The van der Waals surface area contributed by atoms with Crippen molar-refractivity contribution in [3.8, 4) is 0 Å². The lowest BCUT2D eigenvalue weighted by atomic mass is 10.1. The molecule has 6 nitrogen and oxygen atoms in total. The van der Waals surface area contributed by atoms with Crippen molar-refractivity contribution in [2.24, 2.45) is 0 Å². The Balaban J connectivity index is 1.83. The topological polar surface area (TPSA) is 84.0 Å². The molecule has 0 saturated carbocycles. The van der Waals surface area contributed by atoms with E-state index in [2.05, 4.69) is 26.3 Å². The summed E-state index contributed by atoms with van der Waals surface area (Å²) < 4.78 is 1.92. The molecule has 1 unspecified atom stereocenters. The number of hydrogen-bond donors (Lipinski definition) is 2. The van der Waals surface area contributed by atoms with Gasteiger partial charge in [-0.1, -0.05) is 46.3 Å². The number of carbonyl (C=O) groups is 1. The predicted octanol–water partition coefficient (Wildman–Crippen LogP) is 2.33. The molecule has 1 heterocycles. The molecule has 1 amide bonds.